The minimum absolute atomic E-state index is 0.276. The molecule has 0 bridgehead atoms. The second-order valence-electron chi connectivity index (χ2n) is 5.58. The van der Waals surface area contributed by atoms with Gasteiger partial charge < -0.3 is 19.3 Å². The average molecular weight is 333 g/mol. The van der Waals surface area contributed by atoms with Gasteiger partial charge in [-0.3, -0.25) is 19.3 Å². The van der Waals surface area contributed by atoms with Gasteiger partial charge >= 0.3 is 5.69 Å². The number of nitrogens with one attached hydrogen (secondary N) is 1. The molecule has 9 nitrogen and oxygen atoms in total. The SMILES string of the molecule is O=c1ccn(C2OC(CO)C3OC(c4ccncc4)OC32)c(=O)[nH]1. The van der Waals surface area contributed by atoms with Crippen molar-refractivity contribution < 1.29 is 19.3 Å². The molecule has 24 heavy (non-hydrogen) atoms. The molecule has 2 aliphatic heterocycles. The van der Waals surface area contributed by atoms with Gasteiger partial charge in [-0.25, -0.2) is 4.79 Å². The number of fused-ring (bicyclic) bond motifs is 1. The van der Waals surface area contributed by atoms with Crippen molar-refractivity contribution in [1.29, 1.82) is 0 Å². The number of aromatic nitrogens is 3. The Kier molecular flexibility index (Phi) is 3.77. The summed E-state index contributed by atoms with van der Waals surface area (Å²) < 4.78 is 18.7. The lowest BCUT2D eigenvalue weighted by Crippen LogP contribution is -2.36. The number of ether oxygens (including phenoxy) is 3. The summed E-state index contributed by atoms with van der Waals surface area (Å²) in [5.74, 6) is 0. The molecule has 2 saturated heterocycles. The fourth-order valence-electron chi connectivity index (χ4n) is 3.01. The van der Waals surface area contributed by atoms with Crippen LogP contribution in [0.4, 0.5) is 0 Å². The maximum atomic E-state index is 12.0. The maximum Gasteiger partial charge on any atom is 0.330 e. The third kappa shape index (κ3) is 2.47. The average Bonchev–Trinajstić information content (AvgIpc) is 3.15. The molecule has 0 aromatic carbocycles. The summed E-state index contributed by atoms with van der Waals surface area (Å²) in [6.45, 7) is -0.276. The normalized spacial score (nSPS) is 32.0. The number of H-pyrrole nitrogens is 1. The Balaban J connectivity index is 1.66. The van der Waals surface area contributed by atoms with Crippen LogP contribution in [0, 0.1) is 0 Å². The number of nitrogens with zero attached hydrogens (tertiary/aromatic N) is 2. The third-order valence-corrected chi connectivity index (χ3v) is 4.13. The van der Waals surface area contributed by atoms with Crippen LogP contribution in [0.5, 0.6) is 0 Å². The predicted octanol–water partition coefficient (Wildman–Crippen LogP) is -0.696. The fourth-order valence-corrected chi connectivity index (χ4v) is 3.01. The molecule has 0 aliphatic carbocycles. The van der Waals surface area contributed by atoms with Crippen molar-refractivity contribution in [2.75, 3.05) is 6.61 Å². The van der Waals surface area contributed by atoms with Crippen molar-refractivity contribution in [3.63, 3.8) is 0 Å². The lowest BCUT2D eigenvalue weighted by Gasteiger charge is -2.20. The van der Waals surface area contributed by atoms with Crippen molar-refractivity contribution >= 4 is 0 Å². The van der Waals surface area contributed by atoms with Gasteiger partial charge in [-0.05, 0) is 12.1 Å². The Bertz CT molecular complexity index is 835. The lowest BCUT2D eigenvalue weighted by atomic mass is 10.1. The summed E-state index contributed by atoms with van der Waals surface area (Å²) in [6.07, 6.45) is 1.39. The standard InChI is InChI=1S/C15H15N3O6/c19-7-9-11-12(24-14(23-11)8-1-4-16-5-2-8)13(22-9)18-6-3-10(20)17-15(18)21/h1-6,9,11-14,19H,7H2,(H,17,20,21). The Labute approximate surface area is 135 Å². The number of pyridine rings is 1. The van der Waals surface area contributed by atoms with E-state index in [1.54, 1.807) is 24.5 Å². The van der Waals surface area contributed by atoms with Gasteiger partial charge in [-0.15, -0.1) is 0 Å². The molecule has 0 amide bonds. The monoisotopic (exact) mass is 333 g/mol. The van der Waals surface area contributed by atoms with Crippen LogP contribution in [0.3, 0.4) is 0 Å². The highest BCUT2D eigenvalue weighted by Gasteiger charge is 2.53. The summed E-state index contributed by atoms with van der Waals surface area (Å²) in [5, 5.41) is 9.53. The Morgan fingerprint density at radius 3 is 2.58 bits per heavy atom. The van der Waals surface area contributed by atoms with Crippen LogP contribution in [0.15, 0.2) is 46.4 Å². The van der Waals surface area contributed by atoms with E-state index in [0.29, 0.717) is 0 Å². The smallest absolute Gasteiger partial charge is 0.330 e. The van der Waals surface area contributed by atoms with Crippen LogP contribution in [-0.4, -0.2) is 44.6 Å². The second-order valence-corrected chi connectivity index (χ2v) is 5.58. The summed E-state index contributed by atoms with van der Waals surface area (Å²) in [4.78, 5) is 29.4. The van der Waals surface area contributed by atoms with Crippen LogP contribution in [-0.2, 0) is 14.2 Å². The molecule has 9 heteroatoms. The Hall–Kier alpha value is -2.33. The first-order valence-corrected chi connectivity index (χ1v) is 7.46. The minimum Gasteiger partial charge on any atom is -0.394 e. The van der Waals surface area contributed by atoms with E-state index in [1.165, 1.54) is 16.8 Å². The van der Waals surface area contributed by atoms with Gasteiger partial charge in [0.05, 0.1) is 6.61 Å². The predicted molar refractivity (Wildman–Crippen MR) is 79.0 cm³/mol. The first kappa shape index (κ1) is 15.2. The van der Waals surface area contributed by atoms with Crippen LogP contribution in [0.25, 0.3) is 0 Å². The first-order chi connectivity index (χ1) is 11.7. The number of aliphatic hydroxyl groups excluding tert-OH is 1. The molecule has 5 atom stereocenters. The molecule has 2 fully saturated rings. The van der Waals surface area contributed by atoms with Crippen molar-refractivity contribution in [3.8, 4) is 0 Å². The summed E-state index contributed by atoms with van der Waals surface area (Å²) in [7, 11) is 0. The second kappa shape index (κ2) is 5.95. The van der Waals surface area contributed by atoms with Gasteiger partial charge in [0.2, 0.25) is 0 Å². The third-order valence-electron chi connectivity index (χ3n) is 4.13. The van der Waals surface area contributed by atoms with Gasteiger partial charge in [0.1, 0.15) is 18.3 Å². The maximum absolute atomic E-state index is 12.0. The van der Waals surface area contributed by atoms with Crippen molar-refractivity contribution in [1.82, 2.24) is 14.5 Å². The zero-order chi connectivity index (χ0) is 16.7. The molecule has 2 aliphatic rings. The highest BCUT2D eigenvalue weighted by atomic mass is 16.8. The highest BCUT2D eigenvalue weighted by Crippen LogP contribution is 2.43. The molecular weight excluding hydrogens is 318 g/mol. The van der Waals surface area contributed by atoms with E-state index in [2.05, 4.69) is 9.97 Å². The number of rotatable bonds is 3. The number of aromatic amines is 1. The van der Waals surface area contributed by atoms with Gasteiger partial charge in [-0.1, -0.05) is 0 Å². The zero-order valence-electron chi connectivity index (χ0n) is 12.4. The van der Waals surface area contributed by atoms with Crippen molar-refractivity contribution in [2.24, 2.45) is 0 Å². The molecule has 5 unspecified atom stereocenters. The Morgan fingerprint density at radius 2 is 1.88 bits per heavy atom. The van der Waals surface area contributed by atoms with Gasteiger partial charge in [-0.2, -0.15) is 0 Å². The number of hydrogen-bond acceptors (Lipinski definition) is 7. The van der Waals surface area contributed by atoms with Gasteiger partial charge in [0, 0.05) is 30.2 Å². The summed E-state index contributed by atoms with van der Waals surface area (Å²) in [6, 6.07) is 4.76. The van der Waals surface area contributed by atoms with Crippen molar-refractivity contribution in [2.45, 2.75) is 30.8 Å². The fraction of sp³-hybridized carbons (Fsp3) is 0.400. The van der Waals surface area contributed by atoms with E-state index in [0.717, 1.165) is 5.56 Å². The molecule has 4 heterocycles. The first-order valence-electron chi connectivity index (χ1n) is 7.46. The zero-order valence-corrected chi connectivity index (χ0v) is 12.4. The van der Waals surface area contributed by atoms with Crippen LogP contribution in [0.1, 0.15) is 18.1 Å². The van der Waals surface area contributed by atoms with Crippen molar-refractivity contribution in [3.05, 3.63) is 63.2 Å². The molecule has 2 N–H and O–H groups in total. The Morgan fingerprint density at radius 1 is 1.12 bits per heavy atom. The van der Waals surface area contributed by atoms with Crippen LogP contribution < -0.4 is 11.2 Å². The largest absolute Gasteiger partial charge is 0.394 e. The van der Waals surface area contributed by atoms with E-state index in [4.69, 9.17) is 14.2 Å². The quantitative estimate of drug-likeness (QED) is 0.763. The molecule has 126 valence electrons. The summed E-state index contributed by atoms with van der Waals surface area (Å²) in [5.41, 5.74) is -0.327. The van der Waals surface area contributed by atoms with E-state index in [1.807, 2.05) is 0 Å². The van der Waals surface area contributed by atoms with E-state index >= 15 is 0 Å². The molecule has 4 rings (SSSR count). The van der Waals surface area contributed by atoms with Gasteiger partial charge in [0.25, 0.3) is 5.56 Å². The topological polar surface area (TPSA) is 116 Å². The van der Waals surface area contributed by atoms with Crippen LogP contribution >= 0.6 is 0 Å². The number of aliphatic hydroxyl groups is 1. The molecule has 0 radical (unpaired) electrons. The molecule has 2 aromatic rings. The van der Waals surface area contributed by atoms with E-state index in [9.17, 15) is 14.7 Å². The van der Waals surface area contributed by atoms with Crippen LogP contribution in [0.2, 0.25) is 0 Å². The molecule has 0 saturated carbocycles. The number of hydrogen-bond donors (Lipinski definition) is 2. The highest BCUT2D eigenvalue weighted by molar-refractivity contribution is 5.13. The van der Waals surface area contributed by atoms with Gasteiger partial charge in [0.15, 0.2) is 12.5 Å². The molecule has 2 aromatic heterocycles. The minimum atomic E-state index is -0.802. The lowest BCUT2D eigenvalue weighted by molar-refractivity contribution is -0.155. The molecule has 0 spiro atoms. The summed E-state index contributed by atoms with van der Waals surface area (Å²) >= 11 is 0. The van der Waals surface area contributed by atoms with E-state index in [-0.39, 0.29) is 6.61 Å². The molecular formula is C15H15N3O6. The van der Waals surface area contributed by atoms with E-state index < -0.39 is 42.1 Å².